The van der Waals surface area contributed by atoms with Crippen LogP contribution < -0.4 is 4.90 Å². The normalized spacial score (nSPS) is 13.1. The summed E-state index contributed by atoms with van der Waals surface area (Å²) in [5.41, 5.74) is 13.6. The van der Waals surface area contributed by atoms with E-state index in [0.29, 0.717) is 0 Å². The highest BCUT2D eigenvalue weighted by Gasteiger charge is 2.37. The van der Waals surface area contributed by atoms with Crippen LogP contribution in [-0.4, -0.2) is 0 Å². The second kappa shape index (κ2) is 12.3. The van der Waals surface area contributed by atoms with Gasteiger partial charge >= 0.3 is 0 Å². The molecular weight excluding hydrogens is 683 g/mol. The van der Waals surface area contributed by atoms with E-state index in [-0.39, 0.29) is 5.41 Å². The standard InChI is InChI=1S/C53H37NS/c1-53(2)47-20-7-5-18-45(47)51-48(53)21-11-22-49(51)54(40-15-9-14-38(32-40)42-19-10-13-35-12-3-4-16-41(35)42)39-29-26-34(27-30-39)37-25-24-36-28-31-44-43-17-6-8-23-50(43)55-52(44)46(36)33-37/h3-33H,1-2H3. The second-order valence-corrected chi connectivity index (χ2v) is 16.4. The third-order valence-corrected chi connectivity index (χ3v) is 13.1. The summed E-state index contributed by atoms with van der Waals surface area (Å²) < 4.78 is 2.69. The van der Waals surface area contributed by atoms with Crippen LogP contribution in [0, 0.1) is 0 Å². The van der Waals surface area contributed by atoms with Crippen LogP contribution in [0.3, 0.4) is 0 Å². The Labute approximate surface area is 325 Å². The largest absolute Gasteiger partial charge is 0.310 e. The molecule has 1 aromatic heterocycles. The summed E-state index contributed by atoms with van der Waals surface area (Å²) >= 11 is 1.89. The van der Waals surface area contributed by atoms with Crippen LogP contribution in [0.4, 0.5) is 17.1 Å². The fourth-order valence-electron chi connectivity index (χ4n) is 9.12. The Kier molecular flexibility index (Phi) is 7.14. The molecule has 0 amide bonds. The van der Waals surface area contributed by atoms with Crippen molar-refractivity contribution in [2.45, 2.75) is 19.3 Å². The van der Waals surface area contributed by atoms with Gasteiger partial charge in [-0.05, 0) is 97.6 Å². The molecule has 0 fully saturated rings. The van der Waals surface area contributed by atoms with Crippen molar-refractivity contribution in [3.05, 3.63) is 199 Å². The van der Waals surface area contributed by atoms with Gasteiger partial charge in [-0.25, -0.2) is 0 Å². The fraction of sp³-hybridized carbons (Fsp3) is 0.0566. The minimum absolute atomic E-state index is 0.0990. The molecule has 0 saturated heterocycles. The van der Waals surface area contributed by atoms with E-state index in [1.54, 1.807) is 0 Å². The molecule has 55 heavy (non-hydrogen) atoms. The first-order chi connectivity index (χ1) is 27.0. The lowest BCUT2D eigenvalue weighted by molar-refractivity contribution is 0.660. The molecule has 1 nitrogen and oxygen atoms in total. The van der Waals surface area contributed by atoms with Gasteiger partial charge in [0.1, 0.15) is 0 Å². The predicted octanol–water partition coefficient (Wildman–Crippen LogP) is 15.5. The maximum Gasteiger partial charge on any atom is 0.0543 e. The van der Waals surface area contributed by atoms with Crippen molar-refractivity contribution in [3.8, 4) is 33.4 Å². The highest BCUT2D eigenvalue weighted by molar-refractivity contribution is 7.26. The summed E-state index contributed by atoms with van der Waals surface area (Å²) in [5, 5.41) is 7.77. The first-order valence-electron chi connectivity index (χ1n) is 19.1. The van der Waals surface area contributed by atoms with Gasteiger partial charge in [0.2, 0.25) is 0 Å². The SMILES string of the molecule is CC1(C)c2ccccc2-c2c(N(c3ccc(-c4ccc5ccc6c7ccccc7sc6c5c4)cc3)c3cccc(-c4cccc5ccccc45)c3)cccc21. The van der Waals surface area contributed by atoms with Crippen LogP contribution in [0.15, 0.2) is 188 Å². The van der Waals surface area contributed by atoms with Crippen LogP contribution in [0.2, 0.25) is 0 Å². The van der Waals surface area contributed by atoms with E-state index in [0.717, 1.165) is 11.4 Å². The van der Waals surface area contributed by atoms with Crippen LogP contribution in [0.1, 0.15) is 25.0 Å². The third-order valence-electron chi connectivity index (χ3n) is 11.9. The summed E-state index contributed by atoms with van der Waals surface area (Å²) in [6.45, 7) is 4.72. The molecular formula is C53H37NS. The lowest BCUT2D eigenvalue weighted by Gasteiger charge is -2.29. The molecule has 1 heterocycles. The molecule has 0 bridgehead atoms. The van der Waals surface area contributed by atoms with E-state index >= 15 is 0 Å². The number of fused-ring (bicyclic) bond motifs is 9. The lowest BCUT2D eigenvalue weighted by Crippen LogP contribution is -2.16. The highest BCUT2D eigenvalue weighted by atomic mass is 32.1. The van der Waals surface area contributed by atoms with Crippen molar-refractivity contribution >= 4 is 70.1 Å². The smallest absolute Gasteiger partial charge is 0.0543 e. The van der Waals surface area contributed by atoms with E-state index in [9.17, 15) is 0 Å². The summed E-state index contributed by atoms with van der Waals surface area (Å²) in [7, 11) is 0. The summed E-state index contributed by atoms with van der Waals surface area (Å²) in [6.07, 6.45) is 0. The van der Waals surface area contributed by atoms with Crippen molar-refractivity contribution in [2.24, 2.45) is 0 Å². The fourth-order valence-corrected chi connectivity index (χ4v) is 10.4. The Hall–Kier alpha value is -6.48. The van der Waals surface area contributed by atoms with Crippen molar-refractivity contribution in [3.63, 3.8) is 0 Å². The van der Waals surface area contributed by atoms with Gasteiger partial charge in [0.05, 0.1) is 5.69 Å². The van der Waals surface area contributed by atoms with Gasteiger partial charge in [0.25, 0.3) is 0 Å². The van der Waals surface area contributed by atoms with E-state index in [1.165, 1.54) is 91.9 Å². The minimum Gasteiger partial charge on any atom is -0.310 e. The van der Waals surface area contributed by atoms with E-state index < -0.39 is 0 Å². The van der Waals surface area contributed by atoms with Gasteiger partial charge in [0.15, 0.2) is 0 Å². The van der Waals surface area contributed by atoms with Crippen LogP contribution >= 0.6 is 11.3 Å². The second-order valence-electron chi connectivity index (χ2n) is 15.3. The van der Waals surface area contributed by atoms with Crippen LogP contribution in [0.25, 0.3) is 75.1 Å². The topological polar surface area (TPSA) is 3.24 Å². The van der Waals surface area contributed by atoms with Gasteiger partial charge in [-0.2, -0.15) is 0 Å². The zero-order valence-electron chi connectivity index (χ0n) is 30.8. The number of thiophene rings is 1. The number of rotatable bonds is 5. The van der Waals surface area contributed by atoms with Gasteiger partial charge < -0.3 is 4.90 Å². The first kappa shape index (κ1) is 32.0. The Morgan fingerprint density at radius 2 is 1.09 bits per heavy atom. The monoisotopic (exact) mass is 719 g/mol. The molecule has 9 aromatic carbocycles. The van der Waals surface area contributed by atoms with Gasteiger partial charge in [-0.15, -0.1) is 11.3 Å². The molecule has 0 unspecified atom stereocenters. The maximum atomic E-state index is 2.47. The maximum absolute atomic E-state index is 2.47. The minimum atomic E-state index is -0.0990. The number of hydrogen-bond donors (Lipinski definition) is 0. The number of hydrogen-bond acceptors (Lipinski definition) is 2. The van der Waals surface area contributed by atoms with Crippen molar-refractivity contribution in [1.82, 2.24) is 0 Å². The molecule has 0 radical (unpaired) electrons. The Bertz CT molecular complexity index is 3120. The quantitative estimate of drug-likeness (QED) is 0.171. The molecule has 1 aliphatic rings. The first-order valence-corrected chi connectivity index (χ1v) is 19.9. The molecule has 10 aromatic rings. The lowest BCUT2D eigenvalue weighted by atomic mass is 9.82. The zero-order valence-corrected chi connectivity index (χ0v) is 31.6. The van der Waals surface area contributed by atoms with E-state index in [2.05, 4.69) is 207 Å². The van der Waals surface area contributed by atoms with E-state index in [4.69, 9.17) is 0 Å². The summed E-state index contributed by atoms with van der Waals surface area (Å²) in [4.78, 5) is 2.47. The third kappa shape index (κ3) is 4.99. The summed E-state index contributed by atoms with van der Waals surface area (Å²) in [5.74, 6) is 0. The van der Waals surface area contributed by atoms with Crippen LogP contribution in [-0.2, 0) is 5.41 Å². The van der Waals surface area contributed by atoms with Crippen molar-refractivity contribution < 1.29 is 0 Å². The molecule has 260 valence electrons. The number of benzene rings is 9. The number of nitrogens with zero attached hydrogens (tertiary/aromatic N) is 1. The van der Waals surface area contributed by atoms with Crippen molar-refractivity contribution in [2.75, 3.05) is 4.90 Å². The molecule has 0 saturated carbocycles. The molecule has 0 N–H and O–H groups in total. The van der Waals surface area contributed by atoms with Crippen LogP contribution in [0.5, 0.6) is 0 Å². The summed E-state index contributed by atoms with van der Waals surface area (Å²) in [6, 6.07) is 69.6. The Morgan fingerprint density at radius 1 is 0.418 bits per heavy atom. The molecule has 0 atom stereocenters. The van der Waals surface area contributed by atoms with Crippen molar-refractivity contribution in [1.29, 1.82) is 0 Å². The predicted molar refractivity (Wildman–Crippen MR) is 237 cm³/mol. The molecule has 0 aliphatic heterocycles. The molecule has 0 spiro atoms. The van der Waals surface area contributed by atoms with Gasteiger partial charge in [0, 0.05) is 47.9 Å². The Morgan fingerprint density at radius 3 is 2.00 bits per heavy atom. The zero-order chi connectivity index (χ0) is 36.7. The number of anilines is 3. The molecule has 1 aliphatic carbocycles. The van der Waals surface area contributed by atoms with E-state index in [1.807, 2.05) is 11.3 Å². The average Bonchev–Trinajstić information content (AvgIpc) is 3.74. The highest BCUT2D eigenvalue weighted by Crippen LogP contribution is 2.54. The Balaban J connectivity index is 1.08. The average molecular weight is 720 g/mol. The molecule has 11 rings (SSSR count). The van der Waals surface area contributed by atoms with Gasteiger partial charge in [-0.1, -0.05) is 159 Å². The van der Waals surface area contributed by atoms with Gasteiger partial charge in [-0.3, -0.25) is 0 Å². The molecule has 2 heteroatoms.